The number of halogens is 2. The van der Waals surface area contributed by atoms with E-state index in [1.165, 1.54) is 18.7 Å². The van der Waals surface area contributed by atoms with E-state index in [1.54, 1.807) is 25.1 Å². The normalized spacial score (nSPS) is 20.3. The number of amides is 2. The van der Waals surface area contributed by atoms with Crippen molar-refractivity contribution in [3.05, 3.63) is 33.8 Å². The summed E-state index contributed by atoms with van der Waals surface area (Å²) in [4.78, 5) is 26.4. The van der Waals surface area contributed by atoms with Gasteiger partial charge >= 0.3 is 0 Å². The number of nitrogens with one attached hydrogen (secondary N) is 1. The maximum atomic E-state index is 12.6. The smallest absolute Gasteiger partial charge is 0.259 e. The Hall–Kier alpha value is -1.31. The molecule has 1 saturated heterocycles. The van der Waals surface area contributed by atoms with Gasteiger partial charge in [-0.1, -0.05) is 29.3 Å². The number of hydrogen-bond donors (Lipinski definition) is 1. The quantitative estimate of drug-likeness (QED) is 0.813. The van der Waals surface area contributed by atoms with Crippen molar-refractivity contribution in [2.45, 2.75) is 44.4 Å². The predicted octanol–water partition coefficient (Wildman–Crippen LogP) is 2.38. The Morgan fingerprint density at radius 3 is 2.44 bits per heavy atom. The third-order valence-electron chi connectivity index (χ3n) is 4.42. The van der Waals surface area contributed by atoms with Gasteiger partial charge in [0.2, 0.25) is 15.9 Å². The molecule has 0 radical (unpaired) electrons. The summed E-state index contributed by atoms with van der Waals surface area (Å²) in [6, 6.07) is 4.83. The van der Waals surface area contributed by atoms with Crippen LogP contribution in [0.5, 0.6) is 0 Å². The van der Waals surface area contributed by atoms with Gasteiger partial charge in [0.05, 0.1) is 11.7 Å². The van der Waals surface area contributed by atoms with Gasteiger partial charge in [0.25, 0.3) is 5.91 Å². The minimum absolute atomic E-state index is 0.00972. The van der Waals surface area contributed by atoms with Crippen LogP contribution in [0, 0.1) is 0 Å². The van der Waals surface area contributed by atoms with Gasteiger partial charge in [-0.25, -0.2) is 8.42 Å². The fourth-order valence-corrected chi connectivity index (χ4v) is 3.66. The molecule has 0 spiro atoms. The van der Waals surface area contributed by atoms with Crippen molar-refractivity contribution in [2.75, 3.05) is 6.54 Å². The molecule has 1 unspecified atom stereocenters. The highest BCUT2D eigenvalue weighted by Gasteiger charge is 2.50. The van der Waals surface area contributed by atoms with Crippen LogP contribution in [0.3, 0.4) is 0 Å². The largest absolute Gasteiger partial charge is 0.328 e. The Balaban J connectivity index is 2.12. The summed E-state index contributed by atoms with van der Waals surface area (Å²) < 4.78 is 25.9. The van der Waals surface area contributed by atoms with E-state index in [4.69, 9.17) is 23.2 Å². The first-order valence-corrected chi connectivity index (χ1v) is 10.1. The highest BCUT2D eigenvalue weighted by Crippen LogP contribution is 2.32. The van der Waals surface area contributed by atoms with Crippen molar-refractivity contribution in [3.63, 3.8) is 0 Å². The van der Waals surface area contributed by atoms with E-state index in [-0.39, 0.29) is 12.3 Å². The first-order valence-electron chi connectivity index (χ1n) is 7.78. The first-order chi connectivity index (χ1) is 11.5. The van der Waals surface area contributed by atoms with Gasteiger partial charge in [-0.2, -0.15) is 0 Å². The van der Waals surface area contributed by atoms with Gasteiger partial charge in [0.1, 0.15) is 5.54 Å². The van der Waals surface area contributed by atoms with Gasteiger partial charge in [0.15, 0.2) is 0 Å². The SMILES string of the molecule is CC(C)S(=O)(=O)NC(=O)C1(C)CCN1C(=O)Cc1ccc(Cl)cc1Cl. The molecule has 6 nitrogen and oxygen atoms in total. The summed E-state index contributed by atoms with van der Waals surface area (Å²) in [6.07, 6.45) is 0.405. The van der Waals surface area contributed by atoms with Gasteiger partial charge in [-0.15, -0.1) is 0 Å². The average molecular weight is 407 g/mol. The molecule has 138 valence electrons. The molecular formula is C16H20Cl2N2O4S. The second-order valence-electron chi connectivity index (χ2n) is 6.51. The van der Waals surface area contributed by atoms with Gasteiger partial charge in [-0.3, -0.25) is 14.3 Å². The molecule has 1 aromatic carbocycles. The summed E-state index contributed by atoms with van der Waals surface area (Å²) in [6.45, 7) is 4.90. The topological polar surface area (TPSA) is 83.6 Å². The van der Waals surface area contributed by atoms with Crippen LogP contribution in [0.1, 0.15) is 32.8 Å². The highest BCUT2D eigenvalue weighted by atomic mass is 35.5. The van der Waals surface area contributed by atoms with Crippen molar-refractivity contribution < 1.29 is 18.0 Å². The zero-order valence-electron chi connectivity index (χ0n) is 14.2. The molecule has 0 saturated carbocycles. The number of rotatable bonds is 5. The van der Waals surface area contributed by atoms with Crippen LogP contribution < -0.4 is 4.72 Å². The van der Waals surface area contributed by atoms with Crippen LogP contribution in [-0.4, -0.2) is 42.5 Å². The van der Waals surface area contributed by atoms with Crippen molar-refractivity contribution in [1.82, 2.24) is 9.62 Å². The summed E-state index contributed by atoms with van der Waals surface area (Å²) in [7, 11) is -3.75. The number of benzene rings is 1. The molecule has 1 aliphatic heterocycles. The molecule has 1 aromatic rings. The van der Waals surface area contributed by atoms with Crippen LogP contribution >= 0.6 is 23.2 Å². The van der Waals surface area contributed by atoms with Crippen LogP contribution in [0.2, 0.25) is 10.0 Å². The van der Waals surface area contributed by atoms with E-state index in [0.29, 0.717) is 28.6 Å². The molecule has 25 heavy (non-hydrogen) atoms. The van der Waals surface area contributed by atoms with E-state index < -0.39 is 26.7 Å². The maximum Gasteiger partial charge on any atom is 0.259 e. The number of carbonyl (C=O) groups excluding carboxylic acids is 2. The molecule has 0 aromatic heterocycles. The Morgan fingerprint density at radius 1 is 1.32 bits per heavy atom. The molecule has 9 heteroatoms. The number of likely N-dealkylation sites (tertiary alicyclic amines) is 1. The lowest BCUT2D eigenvalue weighted by Crippen LogP contribution is -2.68. The molecular weight excluding hydrogens is 387 g/mol. The van der Waals surface area contributed by atoms with E-state index >= 15 is 0 Å². The van der Waals surface area contributed by atoms with E-state index in [0.717, 1.165) is 0 Å². The Bertz CT molecular complexity index is 810. The molecule has 1 N–H and O–H groups in total. The fraction of sp³-hybridized carbons (Fsp3) is 0.500. The number of nitrogens with zero attached hydrogens (tertiary/aromatic N) is 1. The maximum absolute atomic E-state index is 12.6. The summed E-state index contributed by atoms with van der Waals surface area (Å²) >= 11 is 11.9. The Kier molecular flexibility index (Phi) is 5.71. The molecule has 1 heterocycles. The van der Waals surface area contributed by atoms with E-state index in [1.807, 2.05) is 0 Å². The van der Waals surface area contributed by atoms with Crippen LogP contribution in [0.4, 0.5) is 0 Å². The van der Waals surface area contributed by atoms with Crippen LogP contribution in [0.15, 0.2) is 18.2 Å². The van der Waals surface area contributed by atoms with E-state index in [2.05, 4.69) is 4.72 Å². The zero-order valence-corrected chi connectivity index (χ0v) is 16.5. The minimum Gasteiger partial charge on any atom is -0.328 e. The van der Waals surface area contributed by atoms with Crippen molar-refractivity contribution in [1.29, 1.82) is 0 Å². The summed E-state index contributed by atoms with van der Waals surface area (Å²) in [5.41, 5.74) is -0.585. The second-order valence-corrected chi connectivity index (χ2v) is 9.59. The second kappa shape index (κ2) is 7.13. The Labute approximate surface area is 157 Å². The molecule has 2 rings (SSSR count). The lowest BCUT2D eigenvalue weighted by atomic mass is 9.85. The molecule has 2 amide bonds. The van der Waals surface area contributed by atoms with E-state index in [9.17, 15) is 18.0 Å². The number of hydrogen-bond acceptors (Lipinski definition) is 4. The first kappa shape index (κ1) is 20.0. The fourth-order valence-electron chi connectivity index (χ4n) is 2.48. The monoisotopic (exact) mass is 406 g/mol. The number of sulfonamides is 1. The lowest BCUT2D eigenvalue weighted by molar-refractivity contribution is -0.156. The molecule has 1 aliphatic rings. The molecule has 0 bridgehead atoms. The minimum atomic E-state index is -3.75. The predicted molar refractivity (Wildman–Crippen MR) is 97.1 cm³/mol. The van der Waals surface area contributed by atoms with Crippen molar-refractivity contribution >= 4 is 45.0 Å². The average Bonchev–Trinajstić information content (AvgIpc) is 2.47. The zero-order chi connectivity index (χ0) is 19.0. The molecule has 1 fully saturated rings. The molecule has 0 aliphatic carbocycles. The van der Waals surface area contributed by atoms with Crippen molar-refractivity contribution in [2.24, 2.45) is 0 Å². The van der Waals surface area contributed by atoms with Gasteiger partial charge in [-0.05, 0) is 44.9 Å². The summed E-state index contributed by atoms with van der Waals surface area (Å²) in [5.74, 6) is -0.988. The summed E-state index contributed by atoms with van der Waals surface area (Å²) in [5, 5.41) is 0.0975. The standard InChI is InChI=1S/C16H20Cl2N2O4S/c1-10(2)25(23,24)19-15(22)16(3)6-7-20(16)14(21)8-11-4-5-12(17)9-13(11)18/h4-5,9-10H,6-8H2,1-3H3,(H,19,22). The Morgan fingerprint density at radius 2 is 1.96 bits per heavy atom. The van der Waals surface area contributed by atoms with Gasteiger partial charge in [0, 0.05) is 16.6 Å². The van der Waals surface area contributed by atoms with Crippen LogP contribution in [-0.2, 0) is 26.0 Å². The third-order valence-corrected chi connectivity index (χ3v) is 6.72. The van der Waals surface area contributed by atoms with Gasteiger partial charge < -0.3 is 4.90 Å². The third kappa shape index (κ3) is 4.10. The lowest BCUT2D eigenvalue weighted by Gasteiger charge is -2.49. The van der Waals surface area contributed by atoms with Crippen molar-refractivity contribution in [3.8, 4) is 0 Å². The molecule has 1 atom stereocenters. The number of carbonyl (C=O) groups is 2. The highest BCUT2D eigenvalue weighted by molar-refractivity contribution is 7.90. The van der Waals surface area contributed by atoms with Crippen LogP contribution in [0.25, 0.3) is 0 Å².